The zero-order chi connectivity index (χ0) is 16.2. The van der Waals surface area contributed by atoms with Gasteiger partial charge in [0.05, 0.1) is 0 Å². The summed E-state index contributed by atoms with van der Waals surface area (Å²) in [5.74, 6) is -1.20. The minimum absolute atomic E-state index is 0.354. The van der Waals surface area contributed by atoms with Crippen LogP contribution in [0.3, 0.4) is 0 Å². The van der Waals surface area contributed by atoms with Crippen LogP contribution in [0.15, 0.2) is 24.3 Å². The molecular formula is C17H26N2O3. The van der Waals surface area contributed by atoms with Crippen LogP contribution in [0, 0.1) is 6.92 Å². The van der Waals surface area contributed by atoms with Gasteiger partial charge in [-0.15, -0.1) is 0 Å². The molecule has 1 aromatic rings. The number of ether oxygens (including phenoxy) is 1. The number of unbranched alkanes of at least 4 members (excludes halogenated alkanes) is 1. The van der Waals surface area contributed by atoms with Crippen LogP contribution in [0.4, 0.5) is 0 Å². The van der Waals surface area contributed by atoms with Crippen molar-refractivity contribution < 1.29 is 14.3 Å². The number of hydrogen-bond donors (Lipinski definition) is 2. The largest absolute Gasteiger partial charge is 0.381 e. The van der Waals surface area contributed by atoms with Gasteiger partial charge in [-0.3, -0.25) is 9.59 Å². The Labute approximate surface area is 132 Å². The summed E-state index contributed by atoms with van der Waals surface area (Å²) in [6.07, 6.45) is 2.87. The van der Waals surface area contributed by atoms with Gasteiger partial charge in [-0.25, -0.2) is 0 Å². The molecule has 2 amide bonds. The van der Waals surface area contributed by atoms with Crippen LogP contribution in [-0.4, -0.2) is 31.6 Å². The molecule has 0 aliphatic carbocycles. The van der Waals surface area contributed by atoms with Gasteiger partial charge in [0.25, 0.3) is 0 Å². The summed E-state index contributed by atoms with van der Waals surface area (Å²) >= 11 is 0. The molecule has 5 nitrogen and oxygen atoms in total. The molecular weight excluding hydrogens is 280 g/mol. The van der Waals surface area contributed by atoms with E-state index in [9.17, 15) is 9.59 Å². The van der Waals surface area contributed by atoms with Gasteiger partial charge < -0.3 is 15.4 Å². The average Bonchev–Trinajstić information content (AvgIpc) is 2.53. The van der Waals surface area contributed by atoms with E-state index in [1.807, 2.05) is 31.2 Å². The Balaban J connectivity index is 2.11. The maximum atomic E-state index is 11.6. The van der Waals surface area contributed by atoms with Crippen molar-refractivity contribution >= 4 is 11.8 Å². The molecule has 1 aromatic carbocycles. The molecule has 0 radical (unpaired) electrons. The highest BCUT2D eigenvalue weighted by molar-refractivity contribution is 6.35. The van der Waals surface area contributed by atoms with Gasteiger partial charge in [0.1, 0.15) is 0 Å². The van der Waals surface area contributed by atoms with Crippen molar-refractivity contribution in [2.24, 2.45) is 0 Å². The van der Waals surface area contributed by atoms with Crippen molar-refractivity contribution in [3.8, 4) is 0 Å². The maximum absolute atomic E-state index is 11.6. The fourth-order valence-corrected chi connectivity index (χ4v) is 1.77. The van der Waals surface area contributed by atoms with E-state index in [4.69, 9.17) is 4.74 Å². The lowest BCUT2D eigenvalue weighted by molar-refractivity contribution is -0.139. The topological polar surface area (TPSA) is 67.4 Å². The number of aryl methyl sites for hydroxylation is 1. The molecule has 0 fully saturated rings. The highest BCUT2D eigenvalue weighted by atomic mass is 16.5. The molecule has 0 aliphatic heterocycles. The van der Waals surface area contributed by atoms with Gasteiger partial charge in [-0.1, -0.05) is 43.2 Å². The van der Waals surface area contributed by atoms with Crippen molar-refractivity contribution in [1.29, 1.82) is 0 Å². The summed E-state index contributed by atoms with van der Waals surface area (Å²) in [5.41, 5.74) is 2.13. The molecule has 122 valence electrons. The van der Waals surface area contributed by atoms with Crippen LogP contribution >= 0.6 is 0 Å². The molecule has 1 rings (SSSR count). The molecule has 0 saturated carbocycles. The van der Waals surface area contributed by atoms with E-state index >= 15 is 0 Å². The fraction of sp³-hybridized carbons (Fsp3) is 0.529. The van der Waals surface area contributed by atoms with Gasteiger partial charge >= 0.3 is 11.8 Å². The normalized spacial score (nSPS) is 10.3. The first-order valence-corrected chi connectivity index (χ1v) is 7.82. The Hall–Kier alpha value is -1.88. The number of nitrogens with one attached hydrogen (secondary N) is 2. The zero-order valence-corrected chi connectivity index (χ0v) is 13.5. The fourth-order valence-electron chi connectivity index (χ4n) is 1.77. The van der Waals surface area contributed by atoms with Crippen molar-refractivity contribution in [2.75, 3.05) is 19.8 Å². The van der Waals surface area contributed by atoms with Crippen LogP contribution in [0.5, 0.6) is 0 Å². The van der Waals surface area contributed by atoms with Crippen LogP contribution in [-0.2, 0) is 20.9 Å². The third-order valence-electron chi connectivity index (χ3n) is 3.17. The minimum Gasteiger partial charge on any atom is -0.381 e. The van der Waals surface area contributed by atoms with Crippen molar-refractivity contribution in [2.45, 2.75) is 39.7 Å². The first-order chi connectivity index (χ1) is 10.6. The molecule has 0 bridgehead atoms. The Kier molecular flexibility index (Phi) is 8.91. The smallest absolute Gasteiger partial charge is 0.309 e. The Bertz CT molecular complexity index is 457. The molecule has 22 heavy (non-hydrogen) atoms. The number of amides is 2. The molecule has 0 atom stereocenters. The lowest BCUT2D eigenvalue weighted by atomic mass is 10.1. The summed E-state index contributed by atoms with van der Waals surface area (Å²) in [4.78, 5) is 23.2. The lowest BCUT2D eigenvalue weighted by Crippen LogP contribution is -2.40. The monoisotopic (exact) mass is 306 g/mol. The number of hydrogen-bond acceptors (Lipinski definition) is 3. The third-order valence-corrected chi connectivity index (χ3v) is 3.17. The second-order valence-corrected chi connectivity index (χ2v) is 5.24. The Morgan fingerprint density at radius 2 is 1.64 bits per heavy atom. The Morgan fingerprint density at radius 3 is 2.32 bits per heavy atom. The maximum Gasteiger partial charge on any atom is 0.309 e. The third kappa shape index (κ3) is 7.78. The van der Waals surface area contributed by atoms with Crippen LogP contribution in [0.2, 0.25) is 0 Å². The van der Waals surface area contributed by atoms with Crippen molar-refractivity contribution in [3.05, 3.63) is 35.4 Å². The van der Waals surface area contributed by atoms with Crippen LogP contribution in [0.1, 0.15) is 37.3 Å². The quantitative estimate of drug-likeness (QED) is 0.541. The number of rotatable bonds is 9. The predicted octanol–water partition coefficient (Wildman–Crippen LogP) is 1.93. The number of carbonyl (C=O) groups is 2. The van der Waals surface area contributed by atoms with Crippen molar-refractivity contribution in [1.82, 2.24) is 10.6 Å². The lowest BCUT2D eigenvalue weighted by Gasteiger charge is -2.07. The van der Waals surface area contributed by atoms with Gasteiger partial charge in [0.15, 0.2) is 0 Å². The predicted molar refractivity (Wildman–Crippen MR) is 86.4 cm³/mol. The van der Waals surface area contributed by atoms with Crippen LogP contribution < -0.4 is 10.6 Å². The Morgan fingerprint density at radius 1 is 1.00 bits per heavy atom. The molecule has 0 heterocycles. The zero-order valence-electron chi connectivity index (χ0n) is 13.5. The molecule has 2 N–H and O–H groups in total. The first-order valence-electron chi connectivity index (χ1n) is 7.82. The second-order valence-electron chi connectivity index (χ2n) is 5.24. The summed E-state index contributed by atoms with van der Waals surface area (Å²) in [6.45, 7) is 6.27. The summed E-state index contributed by atoms with van der Waals surface area (Å²) in [6, 6.07) is 7.81. The molecule has 0 aliphatic rings. The molecule has 0 unspecified atom stereocenters. The summed E-state index contributed by atoms with van der Waals surface area (Å²) in [7, 11) is 0. The van der Waals surface area contributed by atoms with Gasteiger partial charge in [0.2, 0.25) is 0 Å². The molecule has 0 aromatic heterocycles. The van der Waals surface area contributed by atoms with E-state index in [0.29, 0.717) is 26.1 Å². The highest BCUT2D eigenvalue weighted by Gasteiger charge is 2.11. The molecule has 0 spiro atoms. The van der Waals surface area contributed by atoms with Gasteiger partial charge in [0, 0.05) is 26.3 Å². The van der Waals surface area contributed by atoms with Crippen molar-refractivity contribution in [3.63, 3.8) is 0 Å². The van der Waals surface area contributed by atoms with Gasteiger partial charge in [-0.2, -0.15) is 0 Å². The van der Waals surface area contributed by atoms with E-state index < -0.39 is 11.8 Å². The van der Waals surface area contributed by atoms with E-state index in [-0.39, 0.29) is 0 Å². The SMILES string of the molecule is CCCCOCCCNC(=O)C(=O)NCc1ccc(C)cc1. The summed E-state index contributed by atoms with van der Waals surface area (Å²) in [5, 5.41) is 5.19. The van der Waals surface area contributed by atoms with E-state index in [1.54, 1.807) is 0 Å². The highest BCUT2D eigenvalue weighted by Crippen LogP contribution is 2.02. The average molecular weight is 306 g/mol. The summed E-state index contributed by atoms with van der Waals surface area (Å²) < 4.78 is 5.38. The van der Waals surface area contributed by atoms with E-state index in [2.05, 4.69) is 17.6 Å². The number of carbonyl (C=O) groups excluding carboxylic acids is 2. The van der Waals surface area contributed by atoms with Crippen LogP contribution in [0.25, 0.3) is 0 Å². The minimum atomic E-state index is -0.604. The van der Waals surface area contributed by atoms with Gasteiger partial charge in [-0.05, 0) is 25.3 Å². The number of benzene rings is 1. The first kappa shape index (κ1) is 18.2. The standard InChI is InChI=1S/C17H26N2O3/c1-3-4-11-22-12-5-10-18-16(20)17(21)19-13-15-8-6-14(2)7-9-15/h6-9H,3-5,10-13H2,1-2H3,(H,18,20)(H,19,21). The molecule has 5 heteroatoms. The second kappa shape index (κ2) is 10.8. The van der Waals surface area contributed by atoms with E-state index in [0.717, 1.165) is 30.6 Å². The molecule has 0 saturated heterocycles. The van der Waals surface area contributed by atoms with E-state index in [1.165, 1.54) is 0 Å².